The number of aromatic nitrogens is 4. The third-order valence-corrected chi connectivity index (χ3v) is 3.73. The van der Waals surface area contributed by atoms with Gasteiger partial charge in [0.25, 0.3) is 0 Å². The van der Waals surface area contributed by atoms with E-state index in [-0.39, 0.29) is 0 Å². The summed E-state index contributed by atoms with van der Waals surface area (Å²) in [6.07, 6.45) is 0. The number of anilines is 1. The van der Waals surface area contributed by atoms with Gasteiger partial charge in [0.15, 0.2) is 11.6 Å². The van der Waals surface area contributed by atoms with Gasteiger partial charge in [-0.15, -0.1) is 0 Å². The Morgan fingerprint density at radius 3 is 2.43 bits per heavy atom. The van der Waals surface area contributed by atoms with Gasteiger partial charge in [0.05, 0.1) is 16.4 Å². The molecule has 6 heteroatoms. The highest BCUT2D eigenvalue weighted by atomic mass is 35.5. The predicted octanol–water partition coefficient (Wildman–Crippen LogP) is 3.18. The molecule has 0 aliphatic rings. The van der Waals surface area contributed by atoms with Gasteiger partial charge in [0.1, 0.15) is 5.82 Å². The van der Waals surface area contributed by atoms with Crippen molar-refractivity contribution in [2.45, 2.75) is 13.8 Å². The lowest BCUT2D eigenvalue weighted by Gasteiger charge is -2.07. The maximum absolute atomic E-state index is 6.19. The Morgan fingerprint density at radius 2 is 1.81 bits per heavy atom. The molecule has 5 nitrogen and oxygen atoms in total. The molecule has 2 heterocycles. The van der Waals surface area contributed by atoms with Gasteiger partial charge in [-0.1, -0.05) is 41.9 Å². The van der Waals surface area contributed by atoms with Crippen LogP contribution in [-0.2, 0) is 0 Å². The first-order chi connectivity index (χ1) is 10.1. The Kier molecular flexibility index (Phi) is 3.35. The number of nitrogens with two attached hydrogens (primary N) is 1. The normalized spacial score (nSPS) is 10.8. The van der Waals surface area contributed by atoms with Crippen molar-refractivity contribution in [1.29, 1.82) is 0 Å². The summed E-state index contributed by atoms with van der Waals surface area (Å²) in [6, 6.07) is 11.4. The molecule has 0 bridgehead atoms. The van der Waals surface area contributed by atoms with Crippen molar-refractivity contribution in [1.82, 2.24) is 19.7 Å². The Hall–Kier alpha value is -2.40. The average Bonchev–Trinajstić information content (AvgIpc) is 2.75. The Bertz CT molecular complexity index is 795. The van der Waals surface area contributed by atoms with E-state index in [1.54, 1.807) is 10.7 Å². The Morgan fingerprint density at radius 1 is 1.10 bits per heavy atom. The third-order valence-electron chi connectivity index (χ3n) is 3.18. The predicted molar refractivity (Wildman–Crippen MR) is 83.5 cm³/mol. The zero-order chi connectivity index (χ0) is 15.0. The van der Waals surface area contributed by atoms with Crippen LogP contribution in [0.1, 0.15) is 11.4 Å². The lowest BCUT2D eigenvalue weighted by atomic mass is 10.2. The molecule has 0 atom stereocenters. The molecule has 0 unspecified atom stereocenters. The standard InChI is InChI=1S/C15H14ClN5/c1-9-14(16)10(2)21(20-9)13-8-12(17)18-15(19-13)11-6-4-3-5-7-11/h3-8H,1-2H3,(H2,17,18,19). The minimum Gasteiger partial charge on any atom is -0.384 e. The molecule has 106 valence electrons. The van der Waals surface area contributed by atoms with Crippen LogP contribution >= 0.6 is 11.6 Å². The molecule has 0 saturated carbocycles. The van der Waals surface area contributed by atoms with Crippen LogP contribution in [0, 0.1) is 13.8 Å². The molecule has 0 fully saturated rings. The smallest absolute Gasteiger partial charge is 0.163 e. The summed E-state index contributed by atoms with van der Waals surface area (Å²) in [7, 11) is 0. The molecule has 0 amide bonds. The summed E-state index contributed by atoms with van der Waals surface area (Å²) < 4.78 is 1.68. The van der Waals surface area contributed by atoms with Gasteiger partial charge in [-0.3, -0.25) is 0 Å². The maximum Gasteiger partial charge on any atom is 0.163 e. The molecule has 0 spiro atoms. The topological polar surface area (TPSA) is 69.6 Å². The summed E-state index contributed by atoms with van der Waals surface area (Å²) in [6.45, 7) is 3.75. The molecule has 2 N–H and O–H groups in total. The zero-order valence-electron chi connectivity index (χ0n) is 11.7. The SMILES string of the molecule is Cc1nn(-c2cc(N)nc(-c3ccccc3)n2)c(C)c1Cl. The Labute approximate surface area is 127 Å². The quantitative estimate of drug-likeness (QED) is 0.789. The highest BCUT2D eigenvalue weighted by Gasteiger charge is 2.13. The monoisotopic (exact) mass is 299 g/mol. The van der Waals surface area contributed by atoms with Crippen LogP contribution in [0.3, 0.4) is 0 Å². The summed E-state index contributed by atoms with van der Waals surface area (Å²) in [4.78, 5) is 8.82. The fourth-order valence-corrected chi connectivity index (χ4v) is 2.24. The van der Waals surface area contributed by atoms with E-state index >= 15 is 0 Å². The second-order valence-electron chi connectivity index (χ2n) is 4.74. The Balaban J connectivity index is 2.16. The molecule has 0 saturated heterocycles. The highest BCUT2D eigenvalue weighted by Crippen LogP contribution is 2.23. The van der Waals surface area contributed by atoms with Gasteiger partial charge < -0.3 is 5.73 Å². The van der Waals surface area contributed by atoms with Gasteiger partial charge in [0.2, 0.25) is 0 Å². The van der Waals surface area contributed by atoms with Gasteiger partial charge in [-0.2, -0.15) is 5.10 Å². The minimum atomic E-state index is 0.391. The van der Waals surface area contributed by atoms with Crippen LogP contribution in [-0.4, -0.2) is 19.7 Å². The van der Waals surface area contributed by atoms with Crippen molar-refractivity contribution < 1.29 is 0 Å². The fraction of sp³-hybridized carbons (Fsp3) is 0.133. The van der Waals surface area contributed by atoms with Crippen molar-refractivity contribution in [3.8, 4) is 17.2 Å². The number of hydrogen-bond donors (Lipinski definition) is 1. The second-order valence-corrected chi connectivity index (χ2v) is 5.12. The van der Waals surface area contributed by atoms with E-state index in [0.717, 1.165) is 17.0 Å². The second kappa shape index (κ2) is 5.18. The number of hydrogen-bond acceptors (Lipinski definition) is 4. The third kappa shape index (κ3) is 2.48. The molecule has 2 aromatic heterocycles. The van der Waals surface area contributed by atoms with E-state index in [9.17, 15) is 0 Å². The maximum atomic E-state index is 6.19. The summed E-state index contributed by atoms with van der Waals surface area (Å²) >= 11 is 6.19. The zero-order valence-corrected chi connectivity index (χ0v) is 12.5. The van der Waals surface area contributed by atoms with Gasteiger partial charge >= 0.3 is 0 Å². The molecule has 0 aliphatic carbocycles. The van der Waals surface area contributed by atoms with Crippen molar-refractivity contribution in [2.75, 3.05) is 5.73 Å². The van der Waals surface area contributed by atoms with Crippen LogP contribution in [0.5, 0.6) is 0 Å². The van der Waals surface area contributed by atoms with Crippen LogP contribution < -0.4 is 5.73 Å². The molecule has 0 radical (unpaired) electrons. The number of aryl methyl sites for hydroxylation is 1. The lowest BCUT2D eigenvalue weighted by molar-refractivity contribution is 0.803. The molecule has 0 aliphatic heterocycles. The summed E-state index contributed by atoms with van der Waals surface area (Å²) in [5.41, 5.74) is 8.39. The van der Waals surface area contributed by atoms with Crippen LogP contribution in [0.15, 0.2) is 36.4 Å². The minimum absolute atomic E-state index is 0.391. The van der Waals surface area contributed by atoms with Crippen molar-refractivity contribution >= 4 is 17.4 Å². The van der Waals surface area contributed by atoms with E-state index in [4.69, 9.17) is 17.3 Å². The molecule has 3 aromatic rings. The fourth-order valence-electron chi connectivity index (χ4n) is 2.12. The van der Waals surface area contributed by atoms with Crippen LogP contribution in [0.2, 0.25) is 5.02 Å². The number of rotatable bonds is 2. The van der Waals surface area contributed by atoms with Crippen molar-refractivity contribution in [2.24, 2.45) is 0 Å². The lowest BCUT2D eigenvalue weighted by Crippen LogP contribution is -2.06. The van der Waals surface area contributed by atoms with Crippen LogP contribution in [0.25, 0.3) is 17.2 Å². The average molecular weight is 300 g/mol. The van der Waals surface area contributed by atoms with Crippen molar-refractivity contribution in [3.05, 3.63) is 52.8 Å². The molecule has 1 aromatic carbocycles. The first-order valence-corrected chi connectivity index (χ1v) is 6.86. The highest BCUT2D eigenvalue weighted by molar-refractivity contribution is 6.31. The van der Waals surface area contributed by atoms with Gasteiger partial charge in [-0.25, -0.2) is 14.6 Å². The van der Waals surface area contributed by atoms with E-state index in [2.05, 4.69) is 15.1 Å². The van der Waals surface area contributed by atoms with Gasteiger partial charge in [0, 0.05) is 11.6 Å². The van der Waals surface area contributed by atoms with E-state index in [1.807, 2.05) is 44.2 Å². The first-order valence-electron chi connectivity index (χ1n) is 6.48. The number of nitrogens with zero attached hydrogens (tertiary/aromatic N) is 4. The van der Waals surface area contributed by atoms with Crippen LogP contribution in [0.4, 0.5) is 5.82 Å². The summed E-state index contributed by atoms with van der Waals surface area (Å²) in [5.74, 6) is 1.56. The first kappa shape index (κ1) is 13.6. The number of halogens is 1. The number of benzene rings is 1. The van der Waals surface area contributed by atoms with Gasteiger partial charge in [-0.05, 0) is 13.8 Å². The number of nitrogen functional groups attached to an aromatic ring is 1. The summed E-state index contributed by atoms with van der Waals surface area (Å²) in [5, 5.41) is 5.03. The molecular weight excluding hydrogens is 286 g/mol. The van der Waals surface area contributed by atoms with E-state index < -0.39 is 0 Å². The molecule has 21 heavy (non-hydrogen) atoms. The van der Waals surface area contributed by atoms with E-state index in [1.165, 1.54) is 0 Å². The molecule has 3 rings (SSSR count). The largest absolute Gasteiger partial charge is 0.384 e. The van der Waals surface area contributed by atoms with Crippen molar-refractivity contribution in [3.63, 3.8) is 0 Å². The van der Waals surface area contributed by atoms with E-state index in [0.29, 0.717) is 22.5 Å². The molecular formula is C15H14ClN5.